The van der Waals surface area contributed by atoms with Crippen molar-refractivity contribution >= 4 is 12.1 Å². The highest BCUT2D eigenvalue weighted by atomic mass is 16.5. The molecule has 1 amide bonds. The van der Waals surface area contributed by atoms with Crippen LogP contribution in [0.3, 0.4) is 0 Å². The summed E-state index contributed by atoms with van der Waals surface area (Å²) in [5, 5.41) is 12.2. The molecule has 0 saturated heterocycles. The third kappa shape index (κ3) is 4.20. The van der Waals surface area contributed by atoms with Crippen molar-refractivity contribution in [2.45, 2.75) is 51.0 Å². The summed E-state index contributed by atoms with van der Waals surface area (Å²) in [6.45, 7) is 2.39. The van der Waals surface area contributed by atoms with Gasteiger partial charge in [0.05, 0.1) is 6.42 Å². The molecule has 0 heterocycles. The molecule has 3 atom stereocenters. The van der Waals surface area contributed by atoms with Crippen molar-refractivity contribution in [3.63, 3.8) is 0 Å². The molecule has 1 saturated carbocycles. The molecule has 2 unspecified atom stereocenters. The average molecular weight is 408 g/mol. The van der Waals surface area contributed by atoms with E-state index in [1.807, 2.05) is 24.3 Å². The van der Waals surface area contributed by atoms with Gasteiger partial charge in [0.2, 0.25) is 0 Å². The van der Waals surface area contributed by atoms with E-state index in [9.17, 15) is 14.7 Å². The molecule has 2 aliphatic carbocycles. The second kappa shape index (κ2) is 8.90. The van der Waals surface area contributed by atoms with E-state index in [2.05, 4.69) is 36.5 Å². The predicted molar refractivity (Wildman–Crippen MR) is 115 cm³/mol. The number of aliphatic carboxylic acids is 1. The number of nitrogens with one attached hydrogen (secondary N) is 1. The summed E-state index contributed by atoms with van der Waals surface area (Å²) in [6.07, 6.45) is 3.68. The molecule has 158 valence electrons. The van der Waals surface area contributed by atoms with E-state index in [-0.39, 0.29) is 24.9 Å². The van der Waals surface area contributed by atoms with Crippen LogP contribution in [0, 0.1) is 11.8 Å². The van der Waals surface area contributed by atoms with Gasteiger partial charge in [-0.05, 0) is 40.5 Å². The van der Waals surface area contributed by atoms with Crippen molar-refractivity contribution in [3.05, 3.63) is 59.7 Å². The number of amides is 1. The molecule has 5 heteroatoms. The molecule has 2 N–H and O–H groups in total. The highest BCUT2D eigenvalue weighted by molar-refractivity contribution is 5.79. The summed E-state index contributed by atoms with van der Waals surface area (Å²) < 4.78 is 5.63. The van der Waals surface area contributed by atoms with Crippen LogP contribution < -0.4 is 5.32 Å². The lowest BCUT2D eigenvalue weighted by Gasteiger charge is -2.35. The predicted octanol–water partition coefficient (Wildman–Crippen LogP) is 5.19. The summed E-state index contributed by atoms with van der Waals surface area (Å²) in [4.78, 5) is 24.0. The summed E-state index contributed by atoms with van der Waals surface area (Å²) in [7, 11) is 0. The van der Waals surface area contributed by atoms with Crippen molar-refractivity contribution in [2.24, 2.45) is 11.8 Å². The topological polar surface area (TPSA) is 75.6 Å². The van der Waals surface area contributed by atoms with Crippen LogP contribution in [0.5, 0.6) is 0 Å². The molecule has 0 aromatic heterocycles. The Labute approximate surface area is 177 Å². The Bertz CT molecular complexity index is 879. The first kappa shape index (κ1) is 20.5. The van der Waals surface area contributed by atoms with Gasteiger partial charge >= 0.3 is 12.1 Å². The number of rotatable bonds is 6. The van der Waals surface area contributed by atoms with Gasteiger partial charge in [-0.3, -0.25) is 4.79 Å². The van der Waals surface area contributed by atoms with Gasteiger partial charge in [-0.2, -0.15) is 0 Å². The lowest BCUT2D eigenvalue weighted by molar-refractivity contribution is -0.138. The van der Waals surface area contributed by atoms with Crippen molar-refractivity contribution in [1.29, 1.82) is 0 Å². The van der Waals surface area contributed by atoms with Gasteiger partial charge in [-0.15, -0.1) is 0 Å². The van der Waals surface area contributed by atoms with E-state index >= 15 is 0 Å². The lowest BCUT2D eigenvalue weighted by Crippen LogP contribution is -2.45. The number of alkyl carbamates (subject to hydrolysis) is 1. The number of carbonyl (C=O) groups excluding carboxylic acids is 1. The van der Waals surface area contributed by atoms with Gasteiger partial charge < -0.3 is 15.2 Å². The fourth-order valence-electron chi connectivity index (χ4n) is 5.23. The maximum absolute atomic E-state index is 12.6. The Morgan fingerprint density at radius 1 is 1.03 bits per heavy atom. The number of ether oxygens (including phenoxy) is 1. The first-order chi connectivity index (χ1) is 14.5. The Balaban J connectivity index is 1.44. The molecule has 0 radical (unpaired) electrons. The Morgan fingerprint density at radius 3 is 2.23 bits per heavy atom. The second-order valence-electron chi connectivity index (χ2n) is 8.60. The van der Waals surface area contributed by atoms with Gasteiger partial charge in [0.15, 0.2) is 0 Å². The zero-order chi connectivity index (χ0) is 21.1. The summed E-state index contributed by atoms with van der Waals surface area (Å²) in [6, 6.07) is 16.0. The van der Waals surface area contributed by atoms with E-state index in [4.69, 9.17) is 4.74 Å². The zero-order valence-electron chi connectivity index (χ0n) is 17.3. The fourth-order valence-corrected chi connectivity index (χ4v) is 5.23. The summed E-state index contributed by atoms with van der Waals surface area (Å²) in [5.74, 6) is -0.321. The van der Waals surface area contributed by atoms with Crippen LogP contribution in [0.25, 0.3) is 11.1 Å². The quantitative estimate of drug-likeness (QED) is 0.691. The lowest BCUT2D eigenvalue weighted by atomic mass is 9.75. The maximum atomic E-state index is 12.6. The van der Waals surface area contributed by atoms with Crippen LogP contribution in [0.4, 0.5) is 4.79 Å². The zero-order valence-corrected chi connectivity index (χ0v) is 17.3. The second-order valence-corrected chi connectivity index (χ2v) is 8.60. The molecule has 2 aromatic carbocycles. The van der Waals surface area contributed by atoms with Gasteiger partial charge in [0.25, 0.3) is 0 Å². The SMILES string of the molecule is CC1CCCCC1[C@@H](CC(=O)O)NC(=O)OCC1c2ccccc2-c2ccccc21. The molecule has 0 spiro atoms. The van der Waals surface area contributed by atoms with Gasteiger partial charge in [0, 0.05) is 12.0 Å². The molecule has 5 nitrogen and oxygen atoms in total. The number of carbonyl (C=O) groups is 2. The third-order valence-electron chi connectivity index (χ3n) is 6.74. The molecule has 30 heavy (non-hydrogen) atoms. The van der Waals surface area contributed by atoms with Gasteiger partial charge in [-0.25, -0.2) is 4.79 Å². The minimum atomic E-state index is -0.892. The van der Waals surface area contributed by atoms with Crippen molar-refractivity contribution in [3.8, 4) is 11.1 Å². The first-order valence-electron chi connectivity index (χ1n) is 10.9. The van der Waals surface area contributed by atoms with Crippen molar-refractivity contribution in [2.75, 3.05) is 6.61 Å². The van der Waals surface area contributed by atoms with Crippen LogP contribution in [-0.4, -0.2) is 29.8 Å². The first-order valence-corrected chi connectivity index (χ1v) is 10.9. The number of hydrogen-bond donors (Lipinski definition) is 2. The molecular formula is C25H29NO4. The number of hydrogen-bond acceptors (Lipinski definition) is 3. The maximum Gasteiger partial charge on any atom is 0.407 e. The summed E-state index contributed by atoms with van der Waals surface area (Å²) >= 11 is 0. The molecule has 2 aliphatic rings. The van der Waals surface area contributed by atoms with E-state index in [0.717, 1.165) is 30.4 Å². The molecule has 0 aliphatic heterocycles. The van der Waals surface area contributed by atoms with E-state index in [1.165, 1.54) is 17.5 Å². The number of fused-ring (bicyclic) bond motifs is 3. The number of carboxylic acid groups (broad SMARTS) is 1. The van der Waals surface area contributed by atoms with E-state index in [0.29, 0.717) is 5.92 Å². The molecule has 2 aromatic rings. The fraction of sp³-hybridized carbons (Fsp3) is 0.440. The third-order valence-corrected chi connectivity index (χ3v) is 6.74. The monoisotopic (exact) mass is 407 g/mol. The standard InChI is InChI=1S/C25H29NO4/c1-16-8-2-3-9-17(16)23(14-24(27)28)26-25(29)30-15-22-20-12-6-4-10-18(20)19-11-5-7-13-21(19)22/h4-7,10-13,16-17,22-23H,2-3,8-9,14-15H2,1H3,(H,26,29)(H,27,28)/t16?,17?,23-/m1/s1. The molecule has 1 fully saturated rings. The number of carboxylic acids is 1. The Hall–Kier alpha value is -2.82. The highest BCUT2D eigenvalue weighted by Crippen LogP contribution is 2.44. The van der Waals surface area contributed by atoms with Crippen LogP contribution in [0.15, 0.2) is 48.5 Å². The van der Waals surface area contributed by atoms with Crippen LogP contribution in [0.1, 0.15) is 56.1 Å². The highest BCUT2D eigenvalue weighted by Gasteiger charge is 2.33. The minimum Gasteiger partial charge on any atom is -0.481 e. The van der Waals surface area contributed by atoms with Crippen LogP contribution >= 0.6 is 0 Å². The van der Waals surface area contributed by atoms with Crippen LogP contribution in [0.2, 0.25) is 0 Å². The van der Waals surface area contributed by atoms with Crippen molar-refractivity contribution < 1.29 is 19.4 Å². The van der Waals surface area contributed by atoms with Gasteiger partial charge in [-0.1, -0.05) is 74.7 Å². The number of benzene rings is 2. The van der Waals surface area contributed by atoms with E-state index < -0.39 is 18.1 Å². The normalized spacial score (nSPS) is 21.4. The largest absolute Gasteiger partial charge is 0.481 e. The molecule has 0 bridgehead atoms. The smallest absolute Gasteiger partial charge is 0.407 e. The molecular weight excluding hydrogens is 378 g/mol. The Kier molecular flexibility index (Phi) is 6.07. The van der Waals surface area contributed by atoms with E-state index in [1.54, 1.807) is 0 Å². The van der Waals surface area contributed by atoms with Crippen molar-refractivity contribution in [1.82, 2.24) is 5.32 Å². The minimum absolute atomic E-state index is 0.00493. The summed E-state index contributed by atoms with van der Waals surface area (Å²) in [5.41, 5.74) is 4.69. The molecule has 4 rings (SSSR count). The Morgan fingerprint density at radius 2 is 1.63 bits per heavy atom. The average Bonchev–Trinajstić information content (AvgIpc) is 3.06. The van der Waals surface area contributed by atoms with Gasteiger partial charge in [0.1, 0.15) is 6.61 Å². The van der Waals surface area contributed by atoms with Crippen LogP contribution in [-0.2, 0) is 9.53 Å².